The number of aromatic nitrogens is 1. The third kappa shape index (κ3) is 3.21. The highest BCUT2D eigenvalue weighted by Gasteiger charge is 2.21. The second-order valence-electron chi connectivity index (χ2n) is 4.22. The van der Waals surface area contributed by atoms with Crippen LogP contribution < -0.4 is 4.90 Å². The van der Waals surface area contributed by atoms with Crippen LogP contribution in [0.15, 0.2) is 10.7 Å². The van der Waals surface area contributed by atoms with E-state index >= 15 is 0 Å². The molecule has 0 aliphatic heterocycles. The van der Waals surface area contributed by atoms with Gasteiger partial charge in [0.1, 0.15) is 12.0 Å². The number of anilines is 1. The summed E-state index contributed by atoms with van der Waals surface area (Å²) < 4.78 is 10.7. The molecule has 5 heteroatoms. The summed E-state index contributed by atoms with van der Waals surface area (Å²) in [5.41, 5.74) is 0.556. The molecule has 0 amide bonds. The van der Waals surface area contributed by atoms with Gasteiger partial charge in [-0.05, 0) is 18.8 Å². The second-order valence-corrected chi connectivity index (χ2v) is 4.22. The number of nitrogens with zero attached hydrogens (tertiary/aromatic N) is 2. The van der Waals surface area contributed by atoms with Gasteiger partial charge >= 0.3 is 0 Å². The number of ether oxygens (including phenoxy) is 1. The van der Waals surface area contributed by atoms with Gasteiger partial charge in [0.05, 0.1) is 13.2 Å². The molecule has 0 bridgehead atoms. The zero-order valence-corrected chi connectivity index (χ0v) is 9.56. The molecule has 0 atom stereocenters. The zero-order valence-electron chi connectivity index (χ0n) is 9.56. The summed E-state index contributed by atoms with van der Waals surface area (Å²) in [5.74, 6) is 0.799. The molecular formula is C11H18N2O3. The van der Waals surface area contributed by atoms with Gasteiger partial charge in [-0.25, -0.2) is 0 Å². The molecule has 1 N–H and O–H groups in total. The van der Waals surface area contributed by atoms with E-state index in [2.05, 4.69) is 4.98 Å². The Labute approximate surface area is 95.0 Å². The summed E-state index contributed by atoms with van der Waals surface area (Å²) in [6, 6.07) is 0.527. The molecule has 1 aromatic heterocycles. The van der Waals surface area contributed by atoms with Crippen LogP contribution >= 0.6 is 0 Å². The van der Waals surface area contributed by atoms with E-state index in [1.54, 1.807) is 0 Å². The van der Waals surface area contributed by atoms with Crippen LogP contribution in [0.1, 0.15) is 18.5 Å². The first-order valence-electron chi connectivity index (χ1n) is 5.63. The number of oxazole rings is 1. The van der Waals surface area contributed by atoms with Crippen molar-refractivity contribution in [1.82, 2.24) is 4.98 Å². The summed E-state index contributed by atoms with van der Waals surface area (Å²) >= 11 is 0. The van der Waals surface area contributed by atoms with E-state index in [9.17, 15) is 0 Å². The summed E-state index contributed by atoms with van der Waals surface area (Å²) in [6.07, 6.45) is 4.10. The maximum Gasteiger partial charge on any atom is 0.297 e. The molecule has 90 valence electrons. The van der Waals surface area contributed by atoms with Gasteiger partial charge in [0.2, 0.25) is 0 Å². The van der Waals surface area contributed by atoms with Crippen molar-refractivity contribution >= 4 is 6.01 Å². The second kappa shape index (κ2) is 5.32. The first-order valence-corrected chi connectivity index (χ1v) is 5.63. The Hall–Kier alpha value is -1.07. The predicted molar refractivity (Wildman–Crippen MR) is 59.2 cm³/mol. The molecule has 1 aliphatic carbocycles. The molecule has 0 aromatic carbocycles. The number of aliphatic hydroxyl groups is 1. The van der Waals surface area contributed by atoms with E-state index in [1.165, 1.54) is 19.1 Å². The van der Waals surface area contributed by atoms with Gasteiger partial charge in [-0.3, -0.25) is 0 Å². The average molecular weight is 226 g/mol. The van der Waals surface area contributed by atoms with E-state index < -0.39 is 0 Å². The molecule has 1 heterocycles. The molecule has 1 saturated carbocycles. The zero-order chi connectivity index (χ0) is 11.4. The molecule has 0 spiro atoms. The lowest BCUT2D eigenvalue weighted by Crippen LogP contribution is -2.23. The molecule has 0 unspecified atom stereocenters. The van der Waals surface area contributed by atoms with Crippen LogP contribution in [0.25, 0.3) is 0 Å². The lowest BCUT2D eigenvalue weighted by atomic mass is 10.5. The Balaban J connectivity index is 1.67. The minimum atomic E-state index is -0.0878. The number of rotatable bonds is 7. The van der Waals surface area contributed by atoms with Gasteiger partial charge in [0.15, 0.2) is 0 Å². The van der Waals surface area contributed by atoms with Crippen molar-refractivity contribution in [2.45, 2.75) is 19.4 Å². The van der Waals surface area contributed by atoms with Crippen LogP contribution in [0.2, 0.25) is 0 Å². The van der Waals surface area contributed by atoms with Crippen molar-refractivity contribution < 1.29 is 14.3 Å². The fourth-order valence-electron chi connectivity index (χ4n) is 1.38. The average Bonchev–Trinajstić information content (AvgIpc) is 2.99. The van der Waals surface area contributed by atoms with E-state index in [0.717, 1.165) is 19.1 Å². The van der Waals surface area contributed by atoms with E-state index in [-0.39, 0.29) is 6.61 Å². The highest BCUT2D eigenvalue weighted by molar-refractivity contribution is 5.24. The van der Waals surface area contributed by atoms with Gasteiger partial charge in [0, 0.05) is 20.2 Å². The standard InChI is InChI=1S/C11H18N2O3/c1-13(4-5-15-7-9-2-3-9)11-12-10(6-14)8-16-11/h8-9,14H,2-7H2,1H3. The lowest BCUT2D eigenvalue weighted by Gasteiger charge is -2.14. The highest BCUT2D eigenvalue weighted by atomic mass is 16.5. The quantitative estimate of drug-likeness (QED) is 0.704. The first kappa shape index (κ1) is 11.4. The van der Waals surface area contributed by atoms with Crippen LogP contribution in [0.4, 0.5) is 6.01 Å². The SMILES string of the molecule is CN(CCOCC1CC1)c1nc(CO)co1. The van der Waals surface area contributed by atoms with Gasteiger partial charge in [0.25, 0.3) is 6.01 Å². The maximum absolute atomic E-state index is 8.85. The molecule has 0 radical (unpaired) electrons. The van der Waals surface area contributed by atoms with E-state index in [4.69, 9.17) is 14.3 Å². The van der Waals surface area contributed by atoms with E-state index in [1.807, 2.05) is 11.9 Å². The number of hydrogen-bond donors (Lipinski definition) is 1. The molecule has 1 aliphatic rings. The molecule has 1 aromatic rings. The Bertz CT molecular complexity index is 323. The minimum absolute atomic E-state index is 0.0878. The summed E-state index contributed by atoms with van der Waals surface area (Å²) in [6.45, 7) is 2.22. The number of aliphatic hydroxyl groups excluding tert-OH is 1. The van der Waals surface area contributed by atoms with Gasteiger partial charge in [-0.15, -0.1) is 0 Å². The molecule has 2 rings (SSSR count). The van der Waals surface area contributed by atoms with Crippen molar-refractivity contribution in [2.24, 2.45) is 5.92 Å². The molecule has 5 nitrogen and oxygen atoms in total. The van der Waals surface area contributed by atoms with Crippen molar-refractivity contribution in [3.8, 4) is 0 Å². The highest BCUT2D eigenvalue weighted by Crippen LogP contribution is 2.28. The smallest absolute Gasteiger partial charge is 0.297 e. The van der Waals surface area contributed by atoms with Crippen molar-refractivity contribution in [2.75, 3.05) is 31.7 Å². The molecular weight excluding hydrogens is 208 g/mol. The van der Waals surface area contributed by atoms with Crippen LogP contribution in [-0.2, 0) is 11.3 Å². The normalized spacial score (nSPS) is 15.4. The largest absolute Gasteiger partial charge is 0.432 e. The fourth-order valence-corrected chi connectivity index (χ4v) is 1.38. The molecule has 0 saturated heterocycles. The number of likely N-dealkylation sites (N-methyl/N-ethyl adjacent to an activating group) is 1. The fraction of sp³-hybridized carbons (Fsp3) is 0.727. The van der Waals surface area contributed by atoms with Crippen LogP contribution in [0.3, 0.4) is 0 Å². The predicted octanol–water partition coefficient (Wildman–Crippen LogP) is 1.03. The summed E-state index contributed by atoms with van der Waals surface area (Å²) in [7, 11) is 1.90. The summed E-state index contributed by atoms with van der Waals surface area (Å²) in [5, 5.41) is 8.85. The first-order chi connectivity index (χ1) is 7.79. The number of hydrogen-bond acceptors (Lipinski definition) is 5. The van der Waals surface area contributed by atoms with Gasteiger partial charge in [-0.1, -0.05) is 0 Å². The topological polar surface area (TPSA) is 58.7 Å². The lowest BCUT2D eigenvalue weighted by molar-refractivity contribution is 0.130. The third-order valence-electron chi connectivity index (χ3n) is 2.65. The molecule has 16 heavy (non-hydrogen) atoms. The van der Waals surface area contributed by atoms with E-state index in [0.29, 0.717) is 18.3 Å². The van der Waals surface area contributed by atoms with Crippen LogP contribution in [-0.4, -0.2) is 36.9 Å². The van der Waals surface area contributed by atoms with Crippen molar-refractivity contribution in [3.63, 3.8) is 0 Å². The van der Waals surface area contributed by atoms with Gasteiger partial charge < -0.3 is 19.2 Å². The Morgan fingerprint density at radius 3 is 3.06 bits per heavy atom. The van der Waals surface area contributed by atoms with Crippen LogP contribution in [0.5, 0.6) is 0 Å². The Kier molecular flexibility index (Phi) is 3.79. The monoisotopic (exact) mass is 226 g/mol. The Morgan fingerprint density at radius 2 is 2.44 bits per heavy atom. The maximum atomic E-state index is 8.85. The van der Waals surface area contributed by atoms with Crippen molar-refractivity contribution in [1.29, 1.82) is 0 Å². The third-order valence-corrected chi connectivity index (χ3v) is 2.65. The van der Waals surface area contributed by atoms with Gasteiger partial charge in [-0.2, -0.15) is 4.98 Å². The van der Waals surface area contributed by atoms with Crippen LogP contribution in [0, 0.1) is 5.92 Å². The summed E-state index contributed by atoms with van der Waals surface area (Å²) in [4.78, 5) is 5.99. The Morgan fingerprint density at radius 1 is 1.62 bits per heavy atom. The minimum Gasteiger partial charge on any atom is -0.432 e. The molecule has 1 fully saturated rings. The van der Waals surface area contributed by atoms with Crippen molar-refractivity contribution in [3.05, 3.63) is 12.0 Å².